The van der Waals surface area contributed by atoms with Crippen molar-refractivity contribution in [1.82, 2.24) is 5.32 Å². The average molecular weight is 356 g/mol. The third-order valence-corrected chi connectivity index (χ3v) is 5.02. The summed E-state index contributed by atoms with van der Waals surface area (Å²) in [6, 6.07) is 19.2. The Morgan fingerprint density at radius 1 is 0.840 bits per heavy atom. The Labute approximate surface area is 153 Å². The van der Waals surface area contributed by atoms with Crippen LogP contribution in [-0.2, 0) is 6.54 Å². The molecule has 0 amide bonds. The largest absolute Gasteiger partial charge is 0.394 e. The van der Waals surface area contributed by atoms with Gasteiger partial charge in [0.1, 0.15) is 0 Å². The highest BCUT2D eigenvalue weighted by atomic mass is 35.5. The number of benzene rings is 3. The Hall–Kier alpha value is -1.91. The summed E-state index contributed by atoms with van der Waals surface area (Å²) in [5.74, 6) is 0. The van der Waals surface area contributed by atoms with Gasteiger partial charge in [0, 0.05) is 6.54 Å². The van der Waals surface area contributed by atoms with Gasteiger partial charge in [-0.1, -0.05) is 54.6 Å². The molecule has 0 spiro atoms. The highest BCUT2D eigenvalue weighted by Crippen LogP contribution is 2.48. The summed E-state index contributed by atoms with van der Waals surface area (Å²) in [5, 5.41) is 24.9. The number of rotatable bonds is 5. The number of nitrogens with one attached hydrogen (secondary N) is 1. The van der Waals surface area contributed by atoms with Crippen LogP contribution < -0.4 is 5.32 Å². The Morgan fingerprint density at radius 2 is 1.52 bits per heavy atom. The molecule has 130 valence electrons. The highest BCUT2D eigenvalue weighted by molar-refractivity contribution is 6.16. The first-order valence-electron chi connectivity index (χ1n) is 8.28. The van der Waals surface area contributed by atoms with Gasteiger partial charge in [0.2, 0.25) is 0 Å². The molecule has 25 heavy (non-hydrogen) atoms. The van der Waals surface area contributed by atoms with Crippen LogP contribution in [0.15, 0.2) is 54.6 Å². The summed E-state index contributed by atoms with van der Waals surface area (Å²) in [6.45, 7) is 2.22. The Morgan fingerprint density at radius 3 is 2.24 bits per heavy atom. The molecule has 0 saturated carbocycles. The molecule has 0 aliphatic heterocycles. The number of hydrogen-bond acceptors (Lipinski definition) is 3. The Bertz CT molecular complexity index is 919. The van der Waals surface area contributed by atoms with E-state index in [1.165, 1.54) is 38.6 Å². The molecule has 0 heterocycles. The normalized spacial score (nSPS) is 12.1. The van der Waals surface area contributed by atoms with Crippen molar-refractivity contribution in [3.63, 3.8) is 0 Å². The topological polar surface area (TPSA) is 52.5 Å². The lowest BCUT2D eigenvalue weighted by Gasteiger charge is -2.27. The highest BCUT2D eigenvalue weighted by Gasteiger charge is 2.25. The van der Waals surface area contributed by atoms with E-state index in [-0.39, 0.29) is 25.6 Å². The van der Waals surface area contributed by atoms with E-state index in [0.29, 0.717) is 6.54 Å². The van der Waals surface area contributed by atoms with Gasteiger partial charge in [0.25, 0.3) is 0 Å². The van der Waals surface area contributed by atoms with Gasteiger partial charge in [0.15, 0.2) is 0 Å². The van der Waals surface area contributed by atoms with Gasteiger partial charge < -0.3 is 15.5 Å². The predicted molar refractivity (Wildman–Crippen MR) is 105 cm³/mol. The van der Waals surface area contributed by atoms with Crippen molar-refractivity contribution in [1.29, 1.82) is 0 Å². The van der Waals surface area contributed by atoms with Crippen LogP contribution in [0.4, 0.5) is 0 Å². The fourth-order valence-corrected chi connectivity index (χ4v) is 3.51. The lowest BCUT2D eigenvalue weighted by atomic mass is 9.96. The van der Waals surface area contributed by atoms with Crippen LogP contribution in [-0.4, -0.2) is 29.0 Å². The summed E-state index contributed by atoms with van der Waals surface area (Å²) in [5.41, 5.74) is 5.59. The van der Waals surface area contributed by atoms with E-state index in [1.54, 1.807) is 0 Å². The third kappa shape index (κ3) is 2.83. The molecule has 1 aliphatic rings. The molecular weight excluding hydrogens is 334 g/mol. The van der Waals surface area contributed by atoms with Crippen LogP contribution in [0.25, 0.3) is 33.0 Å². The minimum Gasteiger partial charge on any atom is -0.394 e. The molecule has 0 atom stereocenters. The monoisotopic (exact) mass is 355 g/mol. The van der Waals surface area contributed by atoms with Crippen LogP contribution in [0.3, 0.4) is 0 Å². The second-order valence-electron chi connectivity index (χ2n) is 6.78. The second-order valence-corrected chi connectivity index (χ2v) is 6.78. The average Bonchev–Trinajstić information content (AvgIpc) is 2.98. The summed E-state index contributed by atoms with van der Waals surface area (Å²) in [6.07, 6.45) is 0. The number of aliphatic hydroxyl groups excluding tert-OH is 2. The van der Waals surface area contributed by atoms with E-state index < -0.39 is 5.54 Å². The lowest BCUT2D eigenvalue weighted by molar-refractivity contribution is 0.103. The molecule has 3 nitrogen and oxygen atoms in total. The standard InChI is InChI=1S/C21H21NO2.ClH/c1-21(12-23,13-24)22-11-15-10-9-14-5-4-8-18-16-6-2-3-7-17(16)20(15)19(14)18;/h2-10,22-24H,11-13H2,1H3;1H. The molecule has 0 bridgehead atoms. The van der Waals surface area contributed by atoms with E-state index >= 15 is 0 Å². The molecule has 3 aromatic rings. The van der Waals surface area contributed by atoms with E-state index in [2.05, 4.69) is 59.9 Å². The van der Waals surface area contributed by atoms with E-state index in [0.717, 1.165) is 0 Å². The zero-order valence-electron chi connectivity index (χ0n) is 14.1. The maximum Gasteiger partial charge on any atom is 0.0633 e. The number of aliphatic hydroxyl groups is 2. The van der Waals surface area contributed by atoms with Crippen molar-refractivity contribution in [2.75, 3.05) is 13.2 Å². The summed E-state index contributed by atoms with van der Waals surface area (Å²) < 4.78 is 0. The van der Waals surface area contributed by atoms with E-state index in [4.69, 9.17) is 0 Å². The second kappa shape index (κ2) is 6.77. The molecule has 0 saturated heterocycles. The van der Waals surface area contributed by atoms with Gasteiger partial charge in [-0.05, 0) is 45.5 Å². The first-order chi connectivity index (χ1) is 11.7. The maximum atomic E-state index is 9.51. The third-order valence-electron chi connectivity index (χ3n) is 5.02. The molecular formula is C21H22ClNO2. The molecule has 0 aromatic heterocycles. The molecule has 3 N–H and O–H groups in total. The fourth-order valence-electron chi connectivity index (χ4n) is 3.51. The van der Waals surface area contributed by atoms with Gasteiger partial charge in [-0.3, -0.25) is 0 Å². The number of halogens is 1. The van der Waals surface area contributed by atoms with Crippen LogP contribution in [0.2, 0.25) is 0 Å². The predicted octanol–water partition coefficient (Wildman–Crippen LogP) is 3.74. The smallest absolute Gasteiger partial charge is 0.0633 e. The minimum atomic E-state index is -0.681. The van der Waals surface area contributed by atoms with E-state index in [9.17, 15) is 10.2 Å². The zero-order valence-corrected chi connectivity index (χ0v) is 14.9. The molecule has 0 fully saturated rings. The van der Waals surface area contributed by atoms with Crippen molar-refractivity contribution >= 4 is 23.2 Å². The first kappa shape index (κ1) is 17.9. The summed E-state index contributed by atoms with van der Waals surface area (Å²) >= 11 is 0. The van der Waals surface area contributed by atoms with Crippen molar-refractivity contribution < 1.29 is 10.2 Å². The fraction of sp³-hybridized carbons (Fsp3) is 0.238. The maximum absolute atomic E-state index is 9.51. The SMILES string of the molecule is CC(CO)(CO)NCc1ccc2cccc3c2c1-c1ccccc1-3.Cl. The van der Waals surface area contributed by atoms with Gasteiger partial charge >= 0.3 is 0 Å². The van der Waals surface area contributed by atoms with Crippen LogP contribution >= 0.6 is 12.4 Å². The van der Waals surface area contributed by atoms with Gasteiger partial charge in [-0.15, -0.1) is 12.4 Å². The van der Waals surface area contributed by atoms with Crippen LogP contribution in [0.1, 0.15) is 12.5 Å². The van der Waals surface area contributed by atoms with Gasteiger partial charge in [-0.2, -0.15) is 0 Å². The Balaban J connectivity index is 0.00000182. The van der Waals surface area contributed by atoms with Gasteiger partial charge in [0.05, 0.1) is 18.8 Å². The molecule has 4 rings (SSSR count). The van der Waals surface area contributed by atoms with Gasteiger partial charge in [-0.25, -0.2) is 0 Å². The Kier molecular flexibility index (Phi) is 4.85. The summed E-state index contributed by atoms with van der Waals surface area (Å²) in [4.78, 5) is 0. The lowest BCUT2D eigenvalue weighted by Crippen LogP contribution is -2.48. The number of fused-ring (bicyclic) bond motifs is 3. The zero-order chi connectivity index (χ0) is 16.7. The quantitative estimate of drug-likeness (QED) is 0.511. The molecule has 0 unspecified atom stereocenters. The number of hydrogen-bond donors (Lipinski definition) is 3. The van der Waals surface area contributed by atoms with Crippen molar-refractivity contribution in [2.45, 2.75) is 19.0 Å². The minimum absolute atomic E-state index is 0. The summed E-state index contributed by atoms with van der Waals surface area (Å²) in [7, 11) is 0. The molecule has 4 heteroatoms. The van der Waals surface area contributed by atoms with Crippen molar-refractivity contribution in [2.24, 2.45) is 0 Å². The van der Waals surface area contributed by atoms with Crippen molar-refractivity contribution in [3.05, 3.63) is 60.2 Å². The van der Waals surface area contributed by atoms with Crippen LogP contribution in [0, 0.1) is 0 Å². The van der Waals surface area contributed by atoms with Crippen molar-refractivity contribution in [3.8, 4) is 22.3 Å². The molecule has 1 aliphatic carbocycles. The first-order valence-corrected chi connectivity index (χ1v) is 8.28. The van der Waals surface area contributed by atoms with Crippen LogP contribution in [0.5, 0.6) is 0 Å². The molecule has 0 radical (unpaired) electrons. The molecule has 3 aromatic carbocycles. The van der Waals surface area contributed by atoms with E-state index in [1.807, 2.05) is 6.92 Å².